The molecule has 4 aromatic carbocycles. The van der Waals surface area contributed by atoms with Crippen LogP contribution in [0.2, 0.25) is 0 Å². The number of phenolic OH excluding ortho intramolecular Hbond substituents is 2. The molecule has 2 fully saturated rings. The van der Waals surface area contributed by atoms with Gasteiger partial charge in [-0.25, -0.2) is 4.79 Å². The molecule has 2 saturated heterocycles. The molecule has 4 atom stereocenters. The molecule has 53 heavy (non-hydrogen) atoms. The molecule has 282 valence electrons. The number of esters is 1. The van der Waals surface area contributed by atoms with Crippen LogP contribution in [0.25, 0.3) is 0 Å². The maximum absolute atomic E-state index is 12.1. The predicted octanol–water partition coefficient (Wildman–Crippen LogP) is 5.94. The molecule has 0 spiro atoms. The summed E-state index contributed by atoms with van der Waals surface area (Å²) < 4.78 is 31.6. The van der Waals surface area contributed by atoms with Gasteiger partial charge in [0.1, 0.15) is 53.9 Å². The summed E-state index contributed by atoms with van der Waals surface area (Å²) in [5.74, 6) is 1.35. The van der Waals surface area contributed by atoms with Crippen LogP contribution in [0.5, 0.6) is 23.0 Å². The number of hydrogen-bond donors (Lipinski definition) is 2. The van der Waals surface area contributed by atoms with Gasteiger partial charge in [0.25, 0.3) is 6.47 Å². The summed E-state index contributed by atoms with van der Waals surface area (Å²) in [6.45, 7) is 3.28. The van der Waals surface area contributed by atoms with Crippen molar-refractivity contribution in [1.29, 1.82) is 0 Å². The van der Waals surface area contributed by atoms with Crippen LogP contribution in [-0.4, -0.2) is 87.1 Å². The summed E-state index contributed by atoms with van der Waals surface area (Å²) in [4.78, 5) is 42.1. The van der Waals surface area contributed by atoms with Crippen LogP contribution in [0.3, 0.4) is 0 Å². The third-order valence-electron chi connectivity index (χ3n) is 8.01. The van der Waals surface area contributed by atoms with Crippen molar-refractivity contribution < 1.29 is 57.8 Å². The molecule has 4 unspecified atom stereocenters. The Balaban J connectivity index is 0.000000203. The fourth-order valence-corrected chi connectivity index (χ4v) is 5.18. The number of ether oxygens (including phenoxy) is 6. The minimum atomic E-state index is -0.398. The van der Waals surface area contributed by atoms with E-state index in [1.165, 1.54) is 5.56 Å². The van der Waals surface area contributed by atoms with E-state index in [-0.39, 0.29) is 24.1 Å². The lowest BCUT2D eigenvalue weighted by atomic mass is 10.1. The van der Waals surface area contributed by atoms with Gasteiger partial charge in [-0.2, -0.15) is 0 Å². The average Bonchev–Trinajstić information content (AvgIpc) is 3.79. The summed E-state index contributed by atoms with van der Waals surface area (Å²) in [6, 6.07) is 27.3. The van der Waals surface area contributed by atoms with Crippen LogP contribution in [0, 0.1) is 0 Å². The van der Waals surface area contributed by atoms with Crippen molar-refractivity contribution in [2.24, 2.45) is 0 Å². The fraction of sp³-hybridized carbons (Fsp3) is 0.317. The number of methoxy groups -OCH3 is 2. The van der Waals surface area contributed by atoms with Crippen molar-refractivity contribution in [3.05, 3.63) is 119 Å². The summed E-state index contributed by atoms with van der Waals surface area (Å²) in [7, 11) is 3.20. The van der Waals surface area contributed by atoms with Crippen LogP contribution in [0.1, 0.15) is 51.6 Å². The quantitative estimate of drug-likeness (QED) is 0.131. The summed E-state index contributed by atoms with van der Waals surface area (Å²) in [5, 5.41) is 17.8. The normalized spacial score (nSPS) is 17.9. The van der Waals surface area contributed by atoms with Crippen molar-refractivity contribution in [2.45, 2.75) is 57.0 Å². The molecule has 0 saturated carbocycles. The van der Waals surface area contributed by atoms with Gasteiger partial charge < -0.3 is 43.4 Å². The summed E-state index contributed by atoms with van der Waals surface area (Å²) >= 11 is 0. The Hall–Kier alpha value is -5.56. The molecule has 2 aliphatic heterocycles. The standard InChI is InChI=1S/C15H18O6.C9H10O2.C9H12O.C8H6O3/c1-17-10-5-3-9(4-6-10)15(16)21-12-8-20-13-11(18-2)7-19-14(12)13;10-7-1-2-8-3-5-9(11)6-4-8;1-2-3-8-4-6-9(10)7-5-8;9-5-7-1-3-8(4-2-7)11-6-10/h3-6,11-14H,7-8H2,1-2H3;3-7,11H,1-2H2;4-7,10H,2-3H2,1H3;1-6H. The van der Waals surface area contributed by atoms with E-state index in [9.17, 15) is 19.2 Å². The number of rotatable bonds is 12. The number of aryl methyl sites for hydroxylation is 2. The first kappa shape index (κ1) is 41.9. The molecular weight excluding hydrogens is 684 g/mol. The topological polar surface area (TPSA) is 164 Å². The van der Waals surface area contributed by atoms with Crippen molar-refractivity contribution in [1.82, 2.24) is 0 Å². The van der Waals surface area contributed by atoms with Crippen LogP contribution in [0.15, 0.2) is 97.1 Å². The van der Waals surface area contributed by atoms with Gasteiger partial charge in [-0.15, -0.1) is 0 Å². The van der Waals surface area contributed by atoms with E-state index >= 15 is 0 Å². The minimum absolute atomic E-state index is 0.0975. The molecule has 0 amide bonds. The number of phenols is 2. The Morgan fingerprint density at radius 2 is 1.25 bits per heavy atom. The van der Waals surface area contributed by atoms with Gasteiger partial charge in [-0.1, -0.05) is 37.6 Å². The zero-order chi connectivity index (χ0) is 38.4. The van der Waals surface area contributed by atoms with E-state index in [1.54, 1.807) is 87.0 Å². The molecule has 0 bridgehead atoms. The smallest absolute Gasteiger partial charge is 0.338 e. The zero-order valence-electron chi connectivity index (χ0n) is 30.0. The lowest BCUT2D eigenvalue weighted by molar-refractivity contribution is -0.120. The molecule has 0 aliphatic carbocycles. The van der Waals surface area contributed by atoms with Crippen molar-refractivity contribution in [3.8, 4) is 23.0 Å². The number of fused-ring (bicyclic) bond motifs is 1. The second-order valence-electron chi connectivity index (χ2n) is 11.7. The maximum atomic E-state index is 12.1. The average molecular weight is 731 g/mol. The van der Waals surface area contributed by atoms with Gasteiger partial charge in [-0.05, 0) is 96.8 Å². The second-order valence-corrected chi connectivity index (χ2v) is 11.7. The van der Waals surface area contributed by atoms with Gasteiger partial charge in [-0.3, -0.25) is 9.59 Å². The Labute approximate surface area is 309 Å². The highest BCUT2D eigenvalue weighted by atomic mass is 16.7. The molecule has 0 radical (unpaired) electrons. The van der Waals surface area contributed by atoms with Gasteiger partial charge in [0.05, 0.1) is 25.9 Å². The Kier molecular flexibility index (Phi) is 18.2. The van der Waals surface area contributed by atoms with E-state index < -0.39 is 12.1 Å². The molecule has 12 nitrogen and oxygen atoms in total. The van der Waals surface area contributed by atoms with Crippen LogP contribution >= 0.6 is 0 Å². The number of benzene rings is 4. The first-order valence-electron chi connectivity index (χ1n) is 17.0. The molecular formula is C41H46O12. The molecule has 2 aliphatic rings. The molecule has 2 N–H and O–H groups in total. The van der Waals surface area contributed by atoms with Crippen molar-refractivity contribution >= 4 is 25.0 Å². The number of hydrogen-bond acceptors (Lipinski definition) is 12. The van der Waals surface area contributed by atoms with E-state index in [0.717, 1.165) is 37.4 Å². The molecule has 0 aromatic heterocycles. The Bertz CT molecular complexity index is 1660. The Morgan fingerprint density at radius 1 is 0.717 bits per heavy atom. The maximum Gasteiger partial charge on any atom is 0.338 e. The van der Waals surface area contributed by atoms with Gasteiger partial charge in [0, 0.05) is 19.1 Å². The monoisotopic (exact) mass is 730 g/mol. The van der Waals surface area contributed by atoms with Gasteiger partial charge in [0.2, 0.25) is 0 Å². The van der Waals surface area contributed by atoms with Crippen LogP contribution in [-0.2, 0) is 41.4 Å². The van der Waals surface area contributed by atoms with Gasteiger partial charge in [0.15, 0.2) is 6.10 Å². The first-order chi connectivity index (χ1) is 25.7. The van der Waals surface area contributed by atoms with E-state index in [0.29, 0.717) is 54.5 Å². The number of aldehydes is 2. The first-order valence-corrected chi connectivity index (χ1v) is 17.0. The van der Waals surface area contributed by atoms with E-state index in [4.69, 9.17) is 33.9 Å². The largest absolute Gasteiger partial charge is 0.508 e. The third kappa shape index (κ3) is 14.2. The Morgan fingerprint density at radius 3 is 1.74 bits per heavy atom. The van der Waals surface area contributed by atoms with E-state index in [2.05, 4.69) is 11.7 Å². The highest BCUT2D eigenvalue weighted by Crippen LogP contribution is 2.30. The lowest BCUT2D eigenvalue weighted by Gasteiger charge is -2.16. The SMILES string of the molecule is CCCc1ccc(O)cc1.COc1ccc(C(=O)OC2COC3C(OC)COC23)cc1.O=CCCc1ccc(O)cc1.O=COc1ccc(C=O)cc1. The van der Waals surface area contributed by atoms with Crippen molar-refractivity contribution in [2.75, 3.05) is 27.4 Å². The van der Waals surface area contributed by atoms with Crippen LogP contribution < -0.4 is 9.47 Å². The molecule has 2 heterocycles. The van der Waals surface area contributed by atoms with Gasteiger partial charge >= 0.3 is 5.97 Å². The number of aromatic hydroxyl groups is 2. The van der Waals surface area contributed by atoms with Crippen molar-refractivity contribution in [3.63, 3.8) is 0 Å². The minimum Gasteiger partial charge on any atom is -0.508 e. The highest BCUT2D eigenvalue weighted by molar-refractivity contribution is 5.89. The highest BCUT2D eigenvalue weighted by Gasteiger charge is 2.49. The zero-order valence-corrected chi connectivity index (χ0v) is 30.0. The molecule has 6 rings (SSSR count). The van der Waals surface area contributed by atoms with Crippen LogP contribution in [0.4, 0.5) is 0 Å². The lowest BCUT2D eigenvalue weighted by Crippen LogP contribution is -2.34. The third-order valence-corrected chi connectivity index (χ3v) is 8.01. The summed E-state index contributed by atoms with van der Waals surface area (Å²) in [6.07, 6.45) is 4.27. The van der Waals surface area contributed by atoms with E-state index in [1.807, 2.05) is 24.3 Å². The second kappa shape index (κ2) is 23.1. The number of carbonyl (C=O) groups is 4. The molecule has 4 aromatic rings. The molecule has 12 heteroatoms. The summed E-state index contributed by atoms with van der Waals surface area (Å²) in [5.41, 5.74) is 3.40. The fourth-order valence-electron chi connectivity index (χ4n) is 5.18. The number of carbonyl (C=O) groups excluding carboxylic acids is 4. The predicted molar refractivity (Wildman–Crippen MR) is 196 cm³/mol.